The molecule has 1 saturated heterocycles. The molecule has 1 heterocycles. The van der Waals surface area contributed by atoms with Crippen molar-refractivity contribution >= 4 is 11.9 Å². The average Bonchev–Trinajstić information content (AvgIpc) is 2.49. The fourth-order valence-electron chi connectivity index (χ4n) is 1.06. The number of aliphatic hydroxyl groups excluding tert-OH is 1. The Morgan fingerprint density at radius 3 is 2.57 bits per heavy atom. The van der Waals surface area contributed by atoms with E-state index in [2.05, 4.69) is 5.32 Å². The fraction of sp³-hybridized carbons (Fsp3) is 0.500. The molecule has 0 spiro atoms. The topological polar surface area (TPSA) is 95.9 Å². The molecule has 0 aromatic carbocycles. The third-order valence-electron chi connectivity index (χ3n) is 1.76. The van der Waals surface area contributed by atoms with Gasteiger partial charge in [0.05, 0.1) is 25.4 Å². The van der Waals surface area contributed by atoms with Gasteiger partial charge in [-0.1, -0.05) is 0 Å². The highest BCUT2D eigenvalue weighted by atomic mass is 16.5. The zero-order valence-electron chi connectivity index (χ0n) is 7.34. The van der Waals surface area contributed by atoms with E-state index >= 15 is 0 Å². The van der Waals surface area contributed by atoms with Gasteiger partial charge in [0.25, 0.3) is 0 Å². The van der Waals surface area contributed by atoms with E-state index in [-0.39, 0.29) is 13.2 Å². The Hall–Kier alpha value is -1.40. The molecule has 0 aromatic rings. The molecule has 14 heavy (non-hydrogen) atoms. The van der Waals surface area contributed by atoms with Crippen molar-refractivity contribution in [2.45, 2.75) is 12.1 Å². The normalized spacial score (nSPS) is 26.6. The van der Waals surface area contributed by atoms with Crippen molar-refractivity contribution in [3.63, 3.8) is 0 Å². The summed E-state index contributed by atoms with van der Waals surface area (Å²) in [6, 6.07) is -0.457. The van der Waals surface area contributed by atoms with Gasteiger partial charge in [0.15, 0.2) is 0 Å². The lowest BCUT2D eigenvalue weighted by molar-refractivity contribution is -0.131. The second-order valence-corrected chi connectivity index (χ2v) is 2.89. The summed E-state index contributed by atoms with van der Waals surface area (Å²) < 4.78 is 4.89. The quantitative estimate of drug-likeness (QED) is 0.483. The summed E-state index contributed by atoms with van der Waals surface area (Å²) in [4.78, 5) is 21.1. The summed E-state index contributed by atoms with van der Waals surface area (Å²) in [5, 5.41) is 19.9. The maximum atomic E-state index is 11.0. The first-order valence-electron chi connectivity index (χ1n) is 4.07. The van der Waals surface area contributed by atoms with Crippen molar-refractivity contribution in [3.05, 3.63) is 12.2 Å². The minimum absolute atomic E-state index is 0.188. The van der Waals surface area contributed by atoms with Gasteiger partial charge in [0, 0.05) is 12.2 Å². The van der Waals surface area contributed by atoms with Crippen LogP contribution in [0, 0.1) is 0 Å². The fourth-order valence-corrected chi connectivity index (χ4v) is 1.06. The van der Waals surface area contributed by atoms with Crippen LogP contribution in [-0.4, -0.2) is 47.4 Å². The van der Waals surface area contributed by atoms with E-state index in [0.29, 0.717) is 0 Å². The van der Waals surface area contributed by atoms with Crippen LogP contribution in [0.3, 0.4) is 0 Å². The van der Waals surface area contributed by atoms with Gasteiger partial charge in [-0.2, -0.15) is 0 Å². The first kappa shape index (κ1) is 10.7. The number of amides is 1. The van der Waals surface area contributed by atoms with Gasteiger partial charge in [0.1, 0.15) is 0 Å². The summed E-state index contributed by atoms with van der Waals surface area (Å²) in [5.41, 5.74) is 0. The summed E-state index contributed by atoms with van der Waals surface area (Å²) in [6.45, 7) is 0.432. The van der Waals surface area contributed by atoms with Crippen molar-refractivity contribution in [1.29, 1.82) is 0 Å². The molecule has 2 atom stereocenters. The van der Waals surface area contributed by atoms with E-state index in [0.717, 1.165) is 12.2 Å². The molecule has 0 aliphatic carbocycles. The summed E-state index contributed by atoms with van der Waals surface area (Å²) in [7, 11) is 0. The standard InChI is InChI=1S/C8H11NO5/c10-6-4-14-3-5(6)9-7(11)1-2-8(12)13/h1-2,5-6,10H,3-4H2,(H,9,11)(H,12,13)/b2-1-/t5-,6-/m1/s1. The van der Waals surface area contributed by atoms with Crippen molar-refractivity contribution in [2.75, 3.05) is 13.2 Å². The van der Waals surface area contributed by atoms with Crippen LogP contribution in [0.25, 0.3) is 0 Å². The molecule has 0 aromatic heterocycles. The molecular weight excluding hydrogens is 190 g/mol. The Kier molecular flexibility index (Phi) is 3.61. The largest absolute Gasteiger partial charge is 0.478 e. The highest BCUT2D eigenvalue weighted by Gasteiger charge is 2.26. The molecule has 1 aliphatic heterocycles. The van der Waals surface area contributed by atoms with E-state index in [1.165, 1.54) is 0 Å². The smallest absolute Gasteiger partial charge is 0.328 e. The minimum atomic E-state index is -1.19. The van der Waals surface area contributed by atoms with Gasteiger partial charge in [-0.05, 0) is 0 Å². The predicted molar refractivity (Wildman–Crippen MR) is 45.5 cm³/mol. The lowest BCUT2D eigenvalue weighted by Crippen LogP contribution is -2.41. The number of nitrogens with one attached hydrogen (secondary N) is 1. The Bertz CT molecular complexity index is 262. The third-order valence-corrected chi connectivity index (χ3v) is 1.76. The number of hydrogen-bond donors (Lipinski definition) is 3. The third kappa shape index (κ3) is 3.15. The van der Waals surface area contributed by atoms with Crippen LogP contribution in [0.4, 0.5) is 0 Å². The molecule has 3 N–H and O–H groups in total. The number of rotatable bonds is 3. The van der Waals surface area contributed by atoms with Crippen molar-refractivity contribution in [1.82, 2.24) is 5.32 Å². The van der Waals surface area contributed by atoms with Gasteiger partial charge in [-0.15, -0.1) is 0 Å². The number of carbonyl (C=O) groups is 2. The molecule has 0 radical (unpaired) electrons. The first-order chi connectivity index (χ1) is 6.59. The number of carboxylic acid groups (broad SMARTS) is 1. The zero-order chi connectivity index (χ0) is 10.6. The zero-order valence-corrected chi connectivity index (χ0v) is 7.34. The molecule has 1 fully saturated rings. The second-order valence-electron chi connectivity index (χ2n) is 2.89. The monoisotopic (exact) mass is 201 g/mol. The molecule has 6 nitrogen and oxygen atoms in total. The number of ether oxygens (including phenoxy) is 1. The van der Waals surface area contributed by atoms with E-state index in [1.54, 1.807) is 0 Å². The van der Waals surface area contributed by atoms with Crippen LogP contribution >= 0.6 is 0 Å². The van der Waals surface area contributed by atoms with E-state index in [4.69, 9.17) is 9.84 Å². The highest BCUT2D eigenvalue weighted by Crippen LogP contribution is 2.04. The Morgan fingerprint density at radius 1 is 1.36 bits per heavy atom. The molecule has 1 aliphatic rings. The molecule has 0 saturated carbocycles. The molecular formula is C8H11NO5. The van der Waals surface area contributed by atoms with Crippen LogP contribution in [0.5, 0.6) is 0 Å². The molecule has 1 amide bonds. The average molecular weight is 201 g/mol. The molecule has 78 valence electrons. The van der Waals surface area contributed by atoms with Crippen LogP contribution in [-0.2, 0) is 14.3 Å². The Labute approximate surface area is 80.2 Å². The van der Waals surface area contributed by atoms with Crippen LogP contribution < -0.4 is 5.32 Å². The predicted octanol–water partition coefficient (Wildman–Crippen LogP) is -1.50. The van der Waals surface area contributed by atoms with Crippen LogP contribution in [0.15, 0.2) is 12.2 Å². The van der Waals surface area contributed by atoms with Crippen molar-refractivity contribution in [2.24, 2.45) is 0 Å². The molecule has 0 bridgehead atoms. The summed E-state index contributed by atoms with van der Waals surface area (Å²) in [6.07, 6.45) is 0.905. The number of aliphatic carboxylic acids is 1. The maximum absolute atomic E-state index is 11.0. The van der Waals surface area contributed by atoms with Gasteiger partial charge < -0.3 is 20.3 Å². The van der Waals surface area contributed by atoms with Crippen LogP contribution in [0.2, 0.25) is 0 Å². The highest BCUT2D eigenvalue weighted by molar-refractivity contribution is 5.94. The van der Waals surface area contributed by atoms with E-state index in [1.807, 2.05) is 0 Å². The number of carbonyl (C=O) groups excluding carboxylic acids is 1. The number of aliphatic hydroxyl groups is 1. The molecule has 6 heteroatoms. The molecule has 1 rings (SSSR count). The second kappa shape index (κ2) is 4.73. The van der Waals surface area contributed by atoms with Gasteiger partial charge in [0.2, 0.25) is 5.91 Å². The Morgan fingerprint density at radius 2 is 2.07 bits per heavy atom. The van der Waals surface area contributed by atoms with Crippen molar-refractivity contribution < 1.29 is 24.5 Å². The van der Waals surface area contributed by atoms with E-state index in [9.17, 15) is 14.7 Å². The lowest BCUT2D eigenvalue weighted by atomic mass is 10.2. The lowest BCUT2D eigenvalue weighted by Gasteiger charge is -2.12. The number of hydrogen-bond acceptors (Lipinski definition) is 4. The van der Waals surface area contributed by atoms with Crippen molar-refractivity contribution in [3.8, 4) is 0 Å². The SMILES string of the molecule is O=C(O)/C=C\C(=O)N[C@@H]1COC[C@H]1O. The number of carboxylic acids is 1. The first-order valence-corrected chi connectivity index (χ1v) is 4.07. The van der Waals surface area contributed by atoms with Gasteiger partial charge in [-0.3, -0.25) is 4.79 Å². The molecule has 0 unspecified atom stereocenters. The van der Waals surface area contributed by atoms with Gasteiger partial charge >= 0.3 is 5.97 Å². The summed E-state index contributed by atoms with van der Waals surface area (Å²) in [5.74, 6) is -1.75. The van der Waals surface area contributed by atoms with Crippen LogP contribution in [0.1, 0.15) is 0 Å². The minimum Gasteiger partial charge on any atom is -0.478 e. The van der Waals surface area contributed by atoms with E-state index < -0.39 is 24.0 Å². The Balaban J connectivity index is 2.36. The maximum Gasteiger partial charge on any atom is 0.328 e. The summed E-state index contributed by atoms with van der Waals surface area (Å²) >= 11 is 0. The van der Waals surface area contributed by atoms with Gasteiger partial charge in [-0.25, -0.2) is 4.79 Å².